The van der Waals surface area contributed by atoms with Gasteiger partial charge >= 0.3 is 0 Å². The Morgan fingerprint density at radius 3 is 2.04 bits per heavy atom. The molecule has 0 bridgehead atoms. The van der Waals surface area contributed by atoms with E-state index in [4.69, 9.17) is 4.74 Å². The van der Waals surface area contributed by atoms with Crippen LogP contribution in [0.5, 0.6) is 5.75 Å². The highest BCUT2D eigenvalue weighted by Crippen LogP contribution is 2.35. The lowest BCUT2D eigenvalue weighted by Gasteiger charge is -2.19. The molecule has 27 heavy (non-hydrogen) atoms. The highest BCUT2D eigenvalue weighted by Gasteiger charge is 2.17. The van der Waals surface area contributed by atoms with Crippen LogP contribution in [0.2, 0.25) is 0 Å². The van der Waals surface area contributed by atoms with Crippen molar-refractivity contribution in [1.82, 2.24) is 0 Å². The molecule has 0 saturated heterocycles. The summed E-state index contributed by atoms with van der Waals surface area (Å²) in [4.78, 5) is 0. The number of hydrogen-bond acceptors (Lipinski definition) is 1. The van der Waals surface area contributed by atoms with Gasteiger partial charge in [-0.25, -0.2) is 4.58 Å². The molecule has 0 atom stereocenters. The van der Waals surface area contributed by atoms with E-state index in [0.29, 0.717) is 5.92 Å². The molecule has 2 aromatic carbocycles. The molecule has 0 saturated carbocycles. The number of rotatable bonds is 4. The van der Waals surface area contributed by atoms with Gasteiger partial charge in [0.25, 0.3) is 0 Å². The molecule has 138 valence electrons. The maximum absolute atomic E-state index is 5.35. The van der Waals surface area contributed by atoms with Crippen molar-refractivity contribution in [3.63, 3.8) is 0 Å². The largest absolute Gasteiger partial charge is 0.497 e. The number of nitrogens with zero attached hydrogens (tertiary/aromatic N) is 1. The van der Waals surface area contributed by atoms with Crippen molar-refractivity contribution in [1.29, 1.82) is 0 Å². The molecule has 0 unspecified atom stereocenters. The second-order valence-corrected chi connectivity index (χ2v) is 7.29. The summed E-state index contributed by atoms with van der Waals surface area (Å²) in [7, 11) is 5.84. The van der Waals surface area contributed by atoms with E-state index in [9.17, 15) is 0 Å². The lowest BCUT2D eigenvalue weighted by Crippen LogP contribution is -2.10. The fraction of sp³-hybridized carbons (Fsp3) is 0.240. The molecule has 0 aliphatic heterocycles. The zero-order valence-corrected chi connectivity index (χ0v) is 16.9. The molecule has 3 rings (SSSR count). The Morgan fingerprint density at radius 2 is 1.48 bits per heavy atom. The average Bonchev–Trinajstić information content (AvgIpc) is 2.69. The van der Waals surface area contributed by atoms with Crippen LogP contribution < -0.4 is 4.74 Å². The first kappa shape index (κ1) is 18.9. The van der Waals surface area contributed by atoms with E-state index in [0.717, 1.165) is 5.75 Å². The number of ether oxygens (including phenoxy) is 1. The molecule has 1 aliphatic carbocycles. The summed E-state index contributed by atoms with van der Waals surface area (Å²) in [5, 5.41) is 0. The predicted octanol–water partition coefficient (Wildman–Crippen LogP) is 5.46. The van der Waals surface area contributed by atoms with Gasteiger partial charge in [-0.3, -0.25) is 0 Å². The Bertz CT molecular complexity index is 919. The Hall–Kier alpha value is -2.87. The summed E-state index contributed by atoms with van der Waals surface area (Å²) >= 11 is 0. The monoisotopic (exact) mass is 358 g/mol. The van der Waals surface area contributed by atoms with Gasteiger partial charge in [-0.05, 0) is 58.0 Å². The molecule has 0 fully saturated rings. The van der Waals surface area contributed by atoms with E-state index in [1.54, 1.807) is 7.11 Å². The van der Waals surface area contributed by atoms with Gasteiger partial charge in [-0.15, -0.1) is 0 Å². The van der Waals surface area contributed by atoms with Gasteiger partial charge in [0.1, 0.15) is 19.8 Å². The van der Waals surface area contributed by atoms with Gasteiger partial charge < -0.3 is 4.74 Å². The number of methoxy groups -OCH3 is 1. The van der Waals surface area contributed by atoms with E-state index in [2.05, 4.69) is 93.2 Å². The van der Waals surface area contributed by atoms with Crippen molar-refractivity contribution in [3.05, 3.63) is 95.1 Å². The quantitative estimate of drug-likeness (QED) is 0.661. The van der Waals surface area contributed by atoms with E-state index >= 15 is 0 Å². The molecule has 0 amide bonds. The molecule has 0 radical (unpaired) electrons. The molecule has 0 N–H and O–H groups in total. The summed E-state index contributed by atoms with van der Waals surface area (Å²) in [6, 6.07) is 17.1. The second kappa shape index (κ2) is 8.22. The SMILES string of the molecule is COc1ccc(C(=C2C=CC(=[N+](C)C)C=C2)c2ccccc2C(C)C)cc1. The minimum Gasteiger partial charge on any atom is -0.497 e. The molecular weight excluding hydrogens is 330 g/mol. The lowest BCUT2D eigenvalue weighted by molar-refractivity contribution is -0.462. The lowest BCUT2D eigenvalue weighted by atomic mass is 9.85. The van der Waals surface area contributed by atoms with Crippen LogP contribution in [-0.2, 0) is 0 Å². The van der Waals surface area contributed by atoms with Crippen molar-refractivity contribution in [2.75, 3.05) is 21.2 Å². The van der Waals surface area contributed by atoms with E-state index in [-0.39, 0.29) is 0 Å². The third-order valence-electron chi connectivity index (χ3n) is 4.90. The number of hydrogen-bond donors (Lipinski definition) is 0. The Labute approximate surface area is 162 Å². The number of benzene rings is 2. The summed E-state index contributed by atoms with van der Waals surface area (Å²) in [5.41, 5.74) is 7.52. The van der Waals surface area contributed by atoms with Gasteiger partial charge in [0.2, 0.25) is 0 Å². The van der Waals surface area contributed by atoms with Crippen molar-refractivity contribution in [2.24, 2.45) is 0 Å². The predicted molar refractivity (Wildman–Crippen MR) is 115 cm³/mol. The maximum atomic E-state index is 5.35. The zero-order valence-electron chi connectivity index (χ0n) is 16.9. The molecule has 0 spiro atoms. The summed E-state index contributed by atoms with van der Waals surface area (Å²) in [6.07, 6.45) is 8.78. The van der Waals surface area contributed by atoms with Crippen LogP contribution in [0.25, 0.3) is 5.57 Å². The van der Waals surface area contributed by atoms with Crippen molar-refractivity contribution < 1.29 is 9.31 Å². The van der Waals surface area contributed by atoms with Gasteiger partial charge in [0.15, 0.2) is 5.71 Å². The maximum Gasteiger partial charge on any atom is 0.199 e. The summed E-state index contributed by atoms with van der Waals surface area (Å²) < 4.78 is 7.47. The zero-order chi connectivity index (χ0) is 19.4. The Balaban J connectivity index is 2.23. The van der Waals surface area contributed by atoms with E-state index in [1.807, 2.05) is 12.1 Å². The van der Waals surface area contributed by atoms with Gasteiger partial charge in [-0.1, -0.05) is 50.2 Å². The first-order chi connectivity index (χ1) is 13.0. The first-order valence-corrected chi connectivity index (χ1v) is 9.39. The second-order valence-electron chi connectivity index (χ2n) is 7.29. The fourth-order valence-electron chi connectivity index (χ4n) is 3.39. The third-order valence-corrected chi connectivity index (χ3v) is 4.90. The average molecular weight is 359 g/mol. The van der Waals surface area contributed by atoms with Crippen molar-refractivity contribution in [3.8, 4) is 5.75 Å². The van der Waals surface area contributed by atoms with Crippen LogP contribution in [0, 0.1) is 0 Å². The van der Waals surface area contributed by atoms with Crippen LogP contribution in [-0.4, -0.2) is 31.5 Å². The van der Waals surface area contributed by atoms with E-state index < -0.39 is 0 Å². The van der Waals surface area contributed by atoms with Crippen molar-refractivity contribution >= 4 is 11.3 Å². The van der Waals surface area contributed by atoms with Crippen molar-refractivity contribution in [2.45, 2.75) is 19.8 Å². The minimum atomic E-state index is 0.454. The first-order valence-electron chi connectivity index (χ1n) is 9.39. The molecule has 0 heterocycles. The van der Waals surface area contributed by atoms with Crippen LogP contribution >= 0.6 is 0 Å². The molecule has 2 nitrogen and oxygen atoms in total. The summed E-state index contributed by atoms with van der Waals surface area (Å²) in [6.45, 7) is 4.50. The smallest absolute Gasteiger partial charge is 0.199 e. The van der Waals surface area contributed by atoms with Crippen LogP contribution in [0.1, 0.15) is 36.5 Å². The topological polar surface area (TPSA) is 12.2 Å². The number of allylic oxidation sites excluding steroid dienone is 5. The van der Waals surface area contributed by atoms with Crippen LogP contribution in [0.3, 0.4) is 0 Å². The molecule has 0 aromatic heterocycles. The van der Waals surface area contributed by atoms with Gasteiger partial charge in [0, 0.05) is 12.2 Å². The third kappa shape index (κ3) is 4.11. The summed E-state index contributed by atoms with van der Waals surface area (Å²) in [5.74, 6) is 1.33. The Kier molecular flexibility index (Phi) is 5.75. The molecule has 2 aromatic rings. The van der Waals surface area contributed by atoms with Gasteiger partial charge in [-0.2, -0.15) is 0 Å². The van der Waals surface area contributed by atoms with E-state index in [1.165, 1.54) is 33.5 Å². The molecule has 1 aliphatic rings. The Morgan fingerprint density at radius 1 is 0.852 bits per heavy atom. The normalized spacial score (nSPS) is 13.3. The fourth-order valence-corrected chi connectivity index (χ4v) is 3.39. The van der Waals surface area contributed by atoms with Gasteiger partial charge in [0.05, 0.1) is 7.11 Å². The standard InChI is InChI=1S/C25H28NO/c1-18(2)23-8-6-7-9-24(23)25(20-12-16-22(27-5)17-13-20)19-10-14-21(15-11-19)26(3)4/h6-18H,1-5H3/q+1. The molecule has 2 heteroatoms. The minimum absolute atomic E-state index is 0.454. The highest BCUT2D eigenvalue weighted by molar-refractivity contribution is 6.04. The van der Waals surface area contributed by atoms with Crippen LogP contribution in [0.4, 0.5) is 0 Å². The van der Waals surface area contributed by atoms with Crippen LogP contribution in [0.15, 0.2) is 78.4 Å². The highest BCUT2D eigenvalue weighted by atomic mass is 16.5. The molecular formula is C25H28NO+.